The Hall–Kier alpha value is -2.38. The van der Waals surface area contributed by atoms with Gasteiger partial charge in [-0.25, -0.2) is 8.42 Å². The first-order valence-electron chi connectivity index (χ1n) is 7.56. The molecule has 0 aliphatic heterocycles. The van der Waals surface area contributed by atoms with E-state index in [0.717, 1.165) is 16.9 Å². The van der Waals surface area contributed by atoms with Crippen molar-refractivity contribution in [3.63, 3.8) is 0 Å². The number of benzene rings is 2. The van der Waals surface area contributed by atoms with Gasteiger partial charge >= 0.3 is 5.97 Å². The second kappa shape index (κ2) is 8.64. The molecule has 0 amide bonds. The van der Waals surface area contributed by atoms with Crippen LogP contribution in [0.4, 0.5) is 0 Å². The molecule has 2 aromatic carbocycles. The van der Waals surface area contributed by atoms with Crippen molar-refractivity contribution in [3.8, 4) is 5.75 Å². The molecule has 0 heterocycles. The zero-order valence-corrected chi connectivity index (χ0v) is 14.9. The molecule has 0 bridgehead atoms. The van der Waals surface area contributed by atoms with Crippen molar-refractivity contribution in [2.45, 2.75) is 25.0 Å². The standard InChI is InChI=1S/C18H20O6S/c1-14(19)24-13-25(20,21)18-9-5-16(6-10-18)12-23-11-15-3-7-17(22-2)8-4-15/h3-10H,11-13H2,1-2H3. The number of carbonyl (C=O) groups excluding carboxylic acids is 1. The van der Waals surface area contributed by atoms with Crippen LogP contribution in [0, 0.1) is 0 Å². The maximum Gasteiger partial charge on any atom is 0.303 e. The Morgan fingerprint density at radius 2 is 1.44 bits per heavy atom. The third-order valence-corrected chi connectivity index (χ3v) is 4.81. The maximum atomic E-state index is 12.0. The van der Waals surface area contributed by atoms with E-state index in [4.69, 9.17) is 9.47 Å². The first-order valence-corrected chi connectivity index (χ1v) is 9.21. The molecule has 0 spiro atoms. The fourth-order valence-electron chi connectivity index (χ4n) is 2.03. The smallest absolute Gasteiger partial charge is 0.303 e. The van der Waals surface area contributed by atoms with Crippen LogP contribution in [-0.2, 0) is 37.3 Å². The third kappa shape index (κ3) is 5.88. The Balaban J connectivity index is 1.88. The topological polar surface area (TPSA) is 78.9 Å². The van der Waals surface area contributed by atoms with E-state index in [9.17, 15) is 13.2 Å². The molecular formula is C18H20O6S. The number of ether oxygens (including phenoxy) is 3. The molecule has 0 aromatic heterocycles. The fraction of sp³-hybridized carbons (Fsp3) is 0.278. The van der Waals surface area contributed by atoms with Gasteiger partial charge in [0.1, 0.15) is 5.75 Å². The highest BCUT2D eigenvalue weighted by Crippen LogP contribution is 2.15. The zero-order chi connectivity index (χ0) is 18.3. The molecule has 0 atom stereocenters. The Bertz CT molecular complexity index is 794. The fourth-order valence-corrected chi connectivity index (χ4v) is 3.04. The van der Waals surface area contributed by atoms with E-state index in [0.29, 0.717) is 13.2 Å². The summed E-state index contributed by atoms with van der Waals surface area (Å²) in [6, 6.07) is 13.9. The average molecular weight is 364 g/mol. The molecule has 0 saturated heterocycles. The van der Waals surface area contributed by atoms with Gasteiger partial charge in [-0.1, -0.05) is 24.3 Å². The van der Waals surface area contributed by atoms with Gasteiger partial charge in [0.25, 0.3) is 0 Å². The summed E-state index contributed by atoms with van der Waals surface area (Å²) in [5.74, 6) is -0.503. The van der Waals surface area contributed by atoms with Crippen LogP contribution in [0.3, 0.4) is 0 Å². The largest absolute Gasteiger partial charge is 0.497 e. The van der Waals surface area contributed by atoms with E-state index in [-0.39, 0.29) is 4.90 Å². The van der Waals surface area contributed by atoms with Gasteiger partial charge in [-0.15, -0.1) is 0 Å². The summed E-state index contributed by atoms with van der Waals surface area (Å²) >= 11 is 0. The van der Waals surface area contributed by atoms with E-state index < -0.39 is 21.7 Å². The van der Waals surface area contributed by atoms with Crippen LogP contribution in [0.2, 0.25) is 0 Å². The summed E-state index contributed by atoms with van der Waals surface area (Å²) in [6.45, 7) is 1.96. The molecule has 0 aliphatic carbocycles. The molecule has 2 aromatic rings. The van der Waals surface area contributed by atoms with Gasteiger partial charge in [-0.05, 0) is 35.4 Å². The quantitative estimate of drug-likeness (QED) is 0.670. The molecule has 2 rings (SSSR count). The molecule has 0 unspecified atom stereocenters. The average Bonchev–Trinajstić information content (AvgIpc) is 2.61. The van der Waals surface area contributed by atoms with Crippen LogP contribution >= 0.6 is 0 Å². The van der Waals surface area contributed by atoms with Crippen molar-refractivity contribution in [2.75, 3.05) is 13.0 Å². The first-order chi connectivity index (χ1) is 11.9. The van der Waals surface area contributed by atoms with Crippen molar-refractivity contribution in [3.05, 3.63) is 59.7 Å². The van der Waals surface area contributed by atoms with Crippen molar-refractivity contribution in [1.82, 2.24) is 0 Å². The molecule has 25 heavy (non-hydrogen) atoms. The van der Waals surface area contributed by atoms with Crippen molar-refractivity contribution < 1.29 is 27.4 Å². The van der Waals surface area contributed by atoms with Crippen molar-refractivity contribution >= 4 is 15.8 Å². The van der Waals surface area contributed by atoms with Gasteiger partial charge in [0.05, 0.1) is 25.2 Å². The number of hydrogen-bond donors (Lipinski definition) is 0. The Kier molecular flexibility index (Phi) is 6.55. The monoisotopic (exact) mass is 364 g/mol. The molecule has 6 nitrogen and oxygen atoms in total. The van der Waals surface area contributed by atoms with Gasteiger partial charge < -0.3 is 14.2 Å². The van der Waals surface area contributed by atoms with Crippen LogP contribution in [0.5, 0.6) is 5.75 Å². The van der Waals surface area contributed by atoms with E-state index >= 15 is 0 Å². The number of sulfone groups is 1. The number of esters is 1. The molecule has 0 radical (unpaired) electrons. The van der Waals surface area contributed by atoms with E-state index in [1.54, 1.807) is 19.2 Å². The number of hydrogen-bond acceptors (Lipinski definition) is 6. The lowest BCUT2D eigenvalue weighted by Gasteiger charge is -2.08. The molecule has 7 heteroatoms. The molecular weight excluding hydrogens is 344 g/mol. The lowest BCUT2D eigenvalue weighted by atomic mass is 10.2. The predicted molar refractivity (Wildman–Crippen MR) is 91.7 cm³/mol. The minimum absolute atomic E-state index is 0.104. The summed E-state index contributed by atoms with van der Waals surface area (Å²) in [4.78, 5) is 10.8. The second-order valence-corrected chi connectivity index (χ2v) is 7.29. The predicted octanol–water partition coefficient (Wildman–Crippen LogP) is 2.71. The second-order valence-electron chi connectivity index (χ2n) is 5.35. The Labute approximate surface area is 147 Å². The van der Waals surface area contributed by atoms with Gasteiger partial charge in [0, 0.05) is 6.92 Å². The van der Waals surface area contributed by atoms with Gasteiger partial charge in [-0.3, -0.25) is 4.79 Å². The number of carbonyl (C=O) groups is 1. The van der Waals surface area contributed by atoms with Crippen LogP contribution < -0.4 is 4.74 Å². The summed E-state index contributed by atoms with van der Waals surface area (Å²) in [7, 11) is -2.03. The van der Waals surface area contributed by atoms with Crippen molar-refractivity contribution in [1.29, 1.82) is 0 Å². The minimum Gasteiger partial charge on any atom is -0.497 e. The molecule has 134 valence electrons. The highest BCUT2D eigenvalue weighted by atomic mass is 32.2. The summed E-state index contributed by atoms with van der Waals surface area (Å²) in [5, 5.41) is 0. The van der Waals surface area contributed by atoms with E-state index in [1.165, 1.54) is 19.1 Å². The Morgan fingerprint density at radius 1 is 0.920 bits per heavy atom. The molecule has 0 fully saturated rings. The number of methoxy groups -OCH3 is 1. The Morgan fingerprint density at radius 3 is 1.92 bits per heavy atom. The van der Waals surface area contributed by atoms with Gasteiger partial charge in [0.2, 0.25) is 9.84 Å². The van der Waals surface area contributed by atoms with Crippen LogP contribution in [-0.4, -0.2) is 27.4 Å². The SMILES string of the molecule is COc1ccc(COCc2ccc(S(=O)(=O)COC(C)=O)cc2)cc1. The lowest BCUT2D eigenvalue weighted by molar-refractivity contribution is -0.138. The highest BCUT2D eigenvalue weighted by molar-refractivity contribution is 7.91. The summed E-state index contributed by atoms with van der Waals surface area (Å²) < 4.78 is 39.2. The minimum atomic E-state index is -3.64. The summed E-state index contributed by atoms with van der Waals surface area (Å²) in [6.07, 6.45) is 0. The van der Waals surface area contributed by atoms with Crippen LogP contribution in [0.15, 0.2) is 53.4 Å². The third-order valence-electron chi connectivity index (χ3n) is 3.40. The maximum absolute atomic E-state index is 12.0. The van der Waals surface area contributed by atoms with Gasteiger partial charge in [0.15, 0.2) is 5.94 Å². The lowest BCUT2D eigenvalue weighted by Crippen LogP contribution is -2.12. The van der Waals surface area contributed by atoms with Crippen molar-refractivity contribution in [2.24, 2.45) is 0 Å². The van der Waals surface area contributed by atoms with Crippen LogP contribution in [0.1, 0.15) is 18.1 Å². The first kappa shape index (κ1) is 19.0. The molecule has 0 aliphatic rings. The highest BCUT2D eigenvalue weighted by Gasteiger charge is 2.15. The zero-order valence-electron chi connectivity index (χ0n) is 14.1. The van der Waals surface area contributed by atoms with E-state index in [1.807, 2.05) is 24.3 Å². The molecule has 0 saturated carbocycles. The van der Waals surface area contributed by atoms with E-state index in [2.05, 4.69) is 4.74 Å². The van der Waals surface area contributed by atoms with Crippen LogP contribution in [0.25, 0.3) is 0 Å². The summed E-state index contributed by atoms with van der Waals surface area (Å²) in [5.41, 5.74) is 1.86. The normalized spacial score (nSPS) is 11.1. The number of rotatable bonds is 8. The van der Waals surface area contributed by atoms with Gasteiger partial charge in [-0.2, -0.15) is 0 Å². The molecule has 0 N–H and O–H groups in total.